The summed E-state index contributed by atoms with van der Waals surface area (Å²) in [6.07, 6.45) is 6.78. The lowest BCUT2D eigenvalue weighted by Gasteiger charge is -2.26. The van der Waals surface area contributed by atoms with Crippen LogP contribution in [0.15, 0.2) is 12.4 Å². The van der Waals surface area contributed by atoms with Crippen molar-refractivity contribution in [2.75, 3.05) is 0 Å². The van der Waals surface area contributed by atoms with Gasteiger partial charge in [-0.25, -0.2) is 4.39 Å². The van der Waals surface area contributed by atoms with E-state index in [1.54, 1.807) is 6.20 Å². The van der Waals surface area contributed by atoms with Gasteiger partial charge in [-0.05, 0) is 12.8 Å². The van der Waals surface area contributed by atoms with E-state index in [-0.39, 0.29) is 6.04 Å². The minimum atomic E-state index is -0.671. The van der Waals surface area contributed by atoms with Crippen LogP contribution in [0.5, 0.6) is 0 Å². The Balaban J connectivity index is 1.79. The number of hydrogen-bond acceptors (Lipinski definition) is 2. The first-order valence-electron chi connectivity index (χ1n) is 5.21. The quantitative estimate of drug-likeness (QED) is 0.775. The van der Waals surface area contributed by atoms with E-state index in [0.717, 1.165) is 24.8 Å². The molecule has 0 aromatic carbocycles. The van der Waals surface area contributed by atoms with Gasteiger partial charge in [-0.15, -0.1) is 0 Å². The van der Waals surface area contributed by atoms with Crippen LogP contribution in [0.2, 0.25) is 0 Å². The second-order valence-electron chi connectivity index (χ2n) is 3.89. The number of hydrogen-bond donors (Lipinski definition) is 2. The lowest BCUT2D eigenvalue weighted by Crippen LogP contribution is -2.39. The van der Waals surface area contributed by atoms with Crippen LogP contribution in [0.3, 0.4) is 0 Å². The SMILES string of the molecule is F[C@@H]1CCCC[C@H]1NCc1cn[nH]c1. The Hall–Kier alpha value is -0.900. The Morgan fingerprint density at radius 2 is 2.36 bits per heavy atom. The van der Waals surface area contributed by atoms with Crippen molar-refractivity contribution >= 4 is 0 Å². The maximum atomic E-state index is 13.4. The summed E-state index contributed by atoms with van der Waals surface area (Å²) in [5, 5.41) is 9.83. The highest BCUT2D eigenvalue weighted by atomic mass is 19.1. The predicted octanol–water partition coefficient (Wildman–Crippen LogP) is 1.78. The number of aromatic nitrogens is 2. The molecular formula is C10H16FN3. The Morgan fingerprint density at radius 3 is 3.07 bits per heavy atom. The molecule has 0 saturated heterocycles. The lowest BCUT2D eigenvalue weighted by molar-refractivity contribution is 0.188. The standard InChI is InChI=1S/C10H16FN3/c11-9-3-1-2-4-10(9)12-5-8-6-13-14-7-8/h6-7,9-10,12H,1-5H2,(H,13,14)/t9-,10-/m1/s1. The number of alkyl halides is 1. The third kappa shape index (κ3) is 2.32. The van der Waals surface area contributed by atoms with Crippen molar-refractivity contribution in [1.29, 1.82) is 0 Å². The summed E-state index contributed by atoms with van der Waals surface area (Å²) in [6, 6.07) is 0.0404. The molecule has 0 radical (unpaired) electrons. The smallest absolute Gasteiger partial charge is 0.115 e. The molecule has 1 aliphatic rings. The van der Waals surface area contributed by atoms with Crippen LogP contribution in [-0.2, 0) is 6.54 Å². The number of H-pyrrole nitrogens is 1. The maximum absolute atomic E-state index is 13.4. The van der Waals surface area contributed by atoms with Crippen LogP contribution in [-0.4, -0.2) is 22.4 Å². The summed E-state index contributed by atoms with van der Waals surface area (Å²) < 4.78 is 13.4. The molecule has 0 unspecified atom stereocenters. The molecule has 1 saturated carbocycles. The first-order chi connectivity index (χ1) is 6.86. The average Bonchev–Trinajstić information content (AvgIpc) is 2.69. The highest BCUT2D eigenvalue weighted by Gasteiger charge is 2.23. The normalized spacial score (nSPS) is 27.8. The monoisotopic (exact) mass is 197 g/mol. The summed E-state index contributed by atoms with van der Waals surface area (Å²) >= 11 is 0. The summed E-state index contributed by atoms with van der Waals surface area (Å²) in [5.41, 5.74) is 1.09. The van der Waals surface area contributed by atoms with E-state index in [2.05, 4.69) is 15.5 Å². The molecular weight excluding hydrogens is 181 g/mol. The Labute approximate surface area is 83.1 Å². The van der Waals surface area contributed by atoms with E-state index >= 15 is 0 Å². The van der Waals surface area contributed by atoms with E-state index in [4.69, 9.17) is 0 Å². The molecule has 1 aromatic heterocycles. The molecule has 0 spiro atoms. The molecule has 1 aliphatic carbocycles. The van der Waals surface area contributed by atoms with E-state index < -0.39 is 6.17 Å². The van der Waals surface area contributed by atoms with Gasteiger partial charge in [-0.3, -0.25) is 5.10 Å². The number of nitrogens with zero attached hydrogens (tertiary/aromatic N) is 1. The molecule has 78 valence electrons. The Morgan fingerprint density at radius 1 is 1.50 bits per heavy atom. The number of rotatable bonds is 3. The van der Waals surface area contributed by atoms with Gasteiger partial charge >= 0.3 is 0 Å². The lowest BCUT2D eigenvalue weighted by atomic mass is 9.93. The highest BCUT2D eigenvalue weighted by molar-refractivity contribution is 5.02. The largest absolute Gasteiger partial charge is 0.307 e. The van der Waals surface area contributed by atoms with Crippen molar-refractivity contribution in [1.82, 2.24) is 15.5 Å². The third-order valence-electron chi connectivity index (χ3n) is 2.80. The van der Waals surface area contributed by atoms with Gasteiger partial charge in [-0.1, -0.05) is 12.8 Å². The van der Waals surface area contributed by atoms with Crippen LogP contribution in [0.1, 0.15) is 31.2 Å². The molecule has 0 aliphatic heterocycles. The van der Waals surface area contributed by atoms with Gasteiger partial charge in [0.05, 0.1) is 6.20 Å². The fourth-order valence-electron chi connectivity index (χ4n) is 1.94. The zero-order valence-corrected chi connectivity index (χ0v) is 8.17. The van der Waals surface area contributed by atoms with Gasteiger partial charge in [0.25, 0.3) is 0 Å². The average molecular weight is 197 g/mol. The summed E-state index contributed by atoms with van der Waals surface area (Å²) in [5.74, 6) is 0. The molecule has 1 aromatic rings. The van der Waals surface area contributed by atoms with Crippen molar-refractivity contribution in [2.45, 2.75) is 44.4 Å². The molecule has 1 fully saturated rings. The van der Waals surface area contributed by atoms with E-state index in [9.17, 15) is 4.39 Å². The van der Waals surface area contributed by atoms with Crippen LogP contribution in [0, 0.1) is 0 Å². The summed E-state index contributed by atoms with van der Waals surface area (Å²) in [7, 11) is 0. The molecule has 2 atom stereocenters. The van der Waals surface area contributed by atoms with Crippen molar-refractivity contribution in [3.05, 3.63) is 18.0 Å². The fraction of sp³-hybridized carbons (Fsp3) is 0.700. The first-order valence-corrected chi connectivity index (χ1v) is 5.21. The zero-order valence-electron chi connectivity index (χ0n) is 8.17. The van der Waals surface area contributed by atoms with Crippen LogP contribution >= 0.6 is 0 Å². The van der Waals surface area contributed by atoms with Crippen LogP contribution in [0.25, 0.3) is 0 Å². The molecule has 1 heterocycles. The van der Waals surface area contributed by atoms with Gasteiger partial charge in [0, 0.05) is 24.3 Å². The van der Waals surface area contributed by atoms with Crippen molar-refractivity contribution in [2.24, 2.45) is 0 Å². The van der Waals surface area contributed by atoms with Crippen molar-refractivity contribution in [3.63, 3.8) is 0 Å². The Bertz CT molecular complexity index is 260. The Kier molecular flexibility index (Phi) is 3.14. The first kappa shape index (κ1) is 9.65. The van der Waals surface area contributed by atoms with Gasteiger partial charge in [0.1, 0.15) is 6.17 Å². The highest BCUT2D eigenvalue weighted by Crippen LogP contribution is 2.21. The maximum Gasteiger partial charge on any atom is 0.115 e. The molecule has 14 heavy (non-hydrogen) atoms. The molecule has 3 nitrogen and oxygen atoms in total. The minimum Gasteiger partial charge on any atom is -0.307 e. The third-order valence-corrected chi connectivity index (χ3v) is 2.80. The number of halogens is 1. The number of nitrogens with one attached hydrogen (secondary N) is 2. The molecule has 4 heteroatoms. The van der Waals surface area contributed by atoms with Gasteiger partial charge in [-0.2, -0.15) is 5.10 Å². The van der Waals surface area contributed by atoms with E-state index in [0.29, 0.717) is 13.0 Å². The predicted molar refractivity (Wildman–Crippen MR) is 52.6 cm³/mol. The topological polar surface area (TPSA) is 40.7 Å². The molecule has 2 N–H and O–H groups in total. The summed E-state index contributed by atoms with van der Waals surface area (Å²) in [6.45, 7) is 0.710. The van der Waals surface area contributed by atoms with Crippen LogP contribution in [0.4, 0.5) is 4.39 Å². The second-order valence-corrected chi connectivity index (χ2v) is 3.89. The van der Waals surface area contributed by atoms with Crippen molar-refractivity contribution < 1.29 is 4.39 Å². The second kappa shape index (κ2) is 4.55. The number of aromatic amines is 1. The fourth-order valence-corrected chi connectivity index (χ4v) is 1.94. The molecule has 0 amide bonds. The molecule has 0 bridgehead atoms. The van der Waals surface area contributed by atoms with Gasteiger partial charge < -0.3 is 5.32 Å². The van der Waals surface area contributed by atoms with Gasteiger partial charge in [0.15, 0.2) is 0 Å². The van der Waals surface area contributed by atoms with E-state index in [1.807, 2.05) is 6.20 Å². The summed E-state index contributed by atoms with van der Waals surface area (Å²) in [4.78, 5) is 0. The zero-order chi connectivity index (χ0) is 9.80. The minimum absolute atomic E-state index is 0.0404. The van der Waals surface area contributed by atoms with Gasteiger partial charge in [0.2, 0.25) is 0 Å². The van der Waals surface area contributed by atoms with Crippen LogP contribution < -0.4 is 5.32 Å². The van der Waals surface area contributed by atoms with E-state index in [1.165, 1.54) is 0 Å². The van der Waals surface area contributed by atoms with Crippen molar-refractivity contribution in [3.8, 4) is 0 Å². The molecule has 2 rings (SSSR count).